The fourth-order valence-corrected chi connectivity index (χ4v) is 3.54. The first kappa shape index (κ1) is 13.1. The van der Waals surface area contributed by atoms with Crippen LogP contribution in [0.15, 0.2) is 15.9 Å². The highest BCUT2D eigenvalue weighted by atomic mass is 79.9. The molecule has 0 aromatic carbocycles. The first-order chi connectivity index (χ1) is 8.08. The number of carboxylic acids is 1. The molecule has 0 spiro atoms. The fraction of sp³-hybridized carbons (Fsp3) is 0.583. The lowest BCUT2D eigenvalue weighted by Gasteiger charge is -2.27. The van der Waals surface area contributed by atoms with Gasteiger partial charge in [0, 0.05) is 23.5 Å². The molecular weight excluding hydrogens is 302 g/mol. The van der Waals surface area contributed by atoms with Crippen LogP contribution < -0.4 is 0 Å². The molecule has 1 saturated carbocycles. The number of halogens is 1. The maximum absolute atomic E-state index is 10.7. The Morgan fingerprint density at radius 1 is 1.65 bits per heavy atom. The zero-order valence-corrected chi connectivity index (χ0v) is 12.1. The molecule has 17 heavy (non-hydrogen) atoms. The van der Waals surface area contributed by atoms with Crippen molar-refractivity contribution < 1.29 is 9.90 Å². The molecule has 0 aliphatic heterocycles. The molecule has 1 aliphatic rings. The molecule has 1 fully saturated rings. The molecule has 0 bridgehead atoms. The number of carboxylic acid groups (broad SMARTS) is 1. The third-order valence-corrected chi connectivity index (χ3v) is 4.90. The minimum atomic E-state index is -0.713. The van der Waals surface area contributed by atoms with Gasteiger partial charge < -0.3 is 5.11 Å². The van der Waals surface area contributed by atoms with Crippen LogP contribution in [0.5, 0.6) is 0 Å². The van der Waals surface area contributed by atoms with E-state index in [9.17, 15) is 4.79 Å². The summed E-state index contributed by atoms with van der Waals surface area (Å²) in [5.41, 5.74) is 0. The van der Waals surface area contributed by atoms with E-state index in [1.807, 2.05) is 0 Å². The first-order valence-corrected chi connectivity index (χ1v) is 7.41. The van der Waals surface area contributed by atoms with Crippen LogP contribution in [0.4, 0.5) is 0 Å². The molecule has 0 saturated heterocycles. The Hall–Kier alpha value is -0.390. The molecule has 1 atom stereocenters. The van der Waals surface area contributed by atoms with Gasteiger partial charge in [-0.15, -0.1) is 11.3 Å². The molecule has 3 nitrogen and oxygen atoms in total. The lowest BCUT2D eigenvalue weighted by molar-refractivity contribution is -0.137. The summed E-state index contributed by atoms with van der Waals surface area (Å²) in [6.45, 7) is 2.81. The van der Waals surface area contributed by atoms with Gasteiger partial charge in [-0.25, -0.2) is 0 Å². The molecule has 1 aromatic rings. The van der Waals surface area contributed by atoms with Gasteiger partial charge in [-0.05, 0) is 47.8 Å². The Morgan fingerprint density at radius 3 is 2.82 bits per heavy atom. The molecule has 5 heteroatoms. The average Bonchev–Trinajstić information content (AvgIpc) is 3.00. The van der Waals surface area contributed by atoms with E-state index in [4.69, 9.17) is 5.11 Å². The third-order valence-electron chi connectivity index (χ3n) is 3.10. The summed E-state index contributed by atoms with van der Waals surface area (Å²) in [6.07, 6.45) is 2.64. The summed E-state index contributed by atoms with van der Waals surface area (Å²) >= 11 is 5.20. The number of rotatable bonds is 6. The highest BCUT2D eigenvalue weighted by Gasteiger charge is 2.33. The highest BCUT2D eigenvalue weighted by Crippen LogP contribution is 2.37. The van der Waals surface area contributed by atoms with Crippen LogP contribution >= 0.6 is 27.3 Å². The highest BCUT2D eigenvalue weighted by molar-refractivity contribution is 9.11. The van der Waals surface area contributed by atoms with Gasteiger partial charge in [0.25, 0.3) is 0 Å². The summed E-state index contributed by atoms with van der Waals surface area (Å²) in [7, 11) is 0. The molecule has 1 unspecified atom stereocenters. The topological polar surface area (TPSA) is 40.5 Å². The molecule has 2 rings (SSSR count). The zero-order chi connectivity index (χ0) is 12.4. The van der Waals surface area contributed by atoms with Gasteiger partial charge in [0.15, 0.2) is 0 Å². The number of aliphatic carboxylic acids is 1. The van der Waals surface area contributed by atoms with Crippen molar-refractivity contribution in [1.29, 1.82) is 0 Å². The number of carbonyl (C=O) groups is 1. The van der Waals surface area contributed by atoms with Crippen molar-refractivity contribution in [3.05, 3.63) is 20.8 Å². The standard InChI is InChI=1S/C12H16BrNO2S/c1-8(10-4-5-11(13)17-10)14(9-2-3-9)7-6-12(15)16/h4-5,8-9H,2-3,6-7H2,1H3,(H,15,16). The molecule has 94 valence electrons. The van der Waals surface area contributed by atoms with E-state index in [-0.39, 0.29) is 6.42 Å². The maximum atomic E-state index is 10.7. The number of hydrogen-bond acceptors (Lipinski definition) is 3. The van der Waals surface area contributed by atoms with E-state index in [2.05, 4.69) is 39.9 Å². The number of hydrogen-bond donors (Lipinski definition) is 1. The van der Waals surface area contributed by atoms with Crippen molar-refractivity contribution in [3.63, 3.8) is 0 Å². The summed E-state index contributed by atoms with van der Waals surface area (Å²) < 4.78 is 1.13. The molecule has 1 N–H and O–H groups in total. The molecular formula is C12H16BrNO2S. The largest absolute Gasteiger partial charge is 0.481 e. The second-order valence-electron chi connectivity index (χ2n) is 4.43. The van der Waals surface area contributed by atoms with Crippen molar-refractivity contribution >= 4 is 33.2 Å². The van der Waals surface area contributed by atoms with Crippen molar-refractivity contribution in [2.24, 2.45) is 0 Å². The zero-order valence-electron chi connectivity index (χ0n) is 9.73. The predicted octanol–water partition coefficient (Wildman–Crippen LogP) is 3.51. The summed E-state index contributed by atoms with van der Waals surface area (Å²) in [4.78, 5) is 14.3. The normalized spacial score (nSPS) is 17.4. The van der Waals surface area contributed by atoms with Crippen LogP contribution in [0.3, 0.4) is 0 Å². The van der Waals surface area contributed by atoms with Crippen molar-refractivity contribution in [2.45, 2.75) is 38.3 Å². The summed E-state index contributed by atoms with van der Waals surface area (Å²) in [6, 6.07) is 5.08. The van der Waals surface area contributed by atoms with Gasteiger partial charge in [-0.3, -0.25) is 9.69 Å². The quantitative estimate of drug-likeness (QED) is 0.872. The minimum Gasteiger partial charge on any atom is -0.481 e. The smallest absolute Gasteiger partial charge is 0.304 e. The van der Waals surface area contributed by atoms with Gasteiger partial charge in [-0.1, -0.05) is 0 Å². The Balaban J connectivity index is 2.02. The molecule has 0 amide bonds. The Kier molecular flexibility index (Phi) is 4.22. The van der Waals surface area contributed by atoms with Crippen molar-refractivity contribution in [1.82, 2.24) is 4.90 Å². The van der Waals surface area contributed by atoms with Gasteiger partial charge in [0.1, 0.15) is 0 Å². The van der Waals surface area contributed by atoms with Crippen molar-refractivity contribution in [2.75, 3.05) is 6.54 Å². The number of nitrogens with zero attached hydrogens (tertiary/aromatic N) is 1. The second kappa shape index (κ2) is 5.50. The van der Waals surface area contributed by atoms with E-state index >= 15 is 0 Å². The Bertz CT molecular complexity index is 403. The van der Waals surface area contributed by atoms with Gasteiger partial charge in [0.05, 0.1) is 10.2 Å². The summed E-state index contributed by atoms with van der Waals surface area (Å²) in [5.74, 6) is -0.713. The minimum absolute atomic E-state index is 0.230. The van der Waals surface area contributed by atoms with Crippen LogP contribution in [0, 0.1) is 0 Å². The van der Waals surface area contributed by atoms with Crippen LogP contribution in [0.25, 0.3) is 0 Å². The van der Waals surface area contributed by atoms with E-state index in [1.54, 1.807) is 11.3 Å². The van der Waals surface area contributed by atoms with Crippen molar-refractivity contribution in [3.8, 4) is 0 Å². The van der Waals surface area contributed by atoms with Gasteiger partial charge >= 0.3 is 5.97 Å². The third kappa shape index (κ3) is 3.53. The van der Waals surface area contributed by atoms with E-state index < -0.39 is 5.97 Å². The maximum Gasteiger partial charge on any atom is 0.304 e. The van der Waals surface area contributed by atoms with Gasteiger partial charge in [0.2, 0.25) is 0 Å². The summed E-state index contributed by atoms with van der Waals surface area (Å²) in [5, 5.41) is 8.79. The molecule has 0 radical (unpaired) electrons. The SMILES string of the molecule is CC(c1ccc(Br)s1)N(CCC(=O)O)C1CC1. The average molecular weight is 318 g/mol. The van der Waals surface area contributed by atoms with E-state index in [1.165, 1.54) is 17.7 Å². The monoisotopic (exact) mass is 317 g/mol. The van der Waals surface area contributed by atoms with Crippen LogP contribution in [-0.4, -0.2) is 28.6 Å². The lowest BCUT2D eigenvalue weighted by atomic mass is 10.2. The lowest BCUT2D eigenvalue weighted by Crippen LogP contribution is -2.31. The molecule has 1 aliphatic carbocycles. The van der Waals surface area contributed by atoms with Crippen LogP contribution in [0.2, 0.25) is 0 Å². The first-order valence-electron chi connectivity index (χ1n) is 5.80. The van der Waals surface area contributed by atoms with Gasteiger partial charge in [-0.2, -0.15) is 0 Å². The molecule has 1 heterocycles. The van der Waals surface area contributed by atoms with E-state index in [0.29, 0.717) is 18.6 Å². The van der Waals surface area contributed by atoms with Crippen LogP contribution in [0.1, 0.15) is 37.1 Å². The van der Waals surface area contributed by atoms with Crippen LogP contribution in [-0.2, 0) is 4.79 Å². The Labute approximate surface area is 114 Å². The predicted molar refractivity (Wildman–Crippen MR) is 72.4 cm³/mol. The van der Waals surface area contributed by atoms with E-state index in [0.717, 1.165) is 3.79 Å². The fourth-order valence-electron chi connectivity index (χ4n) is 2.04. The molecule has 1 aromatic heterocycles. The Morgan fingerprint density at radius 2 is 2.35 bits per heavy atom. The number of thiophene rings is 1. The second-order valence-corrected chi connectivity index (χ2v) is 6.93.